The van der Waals surface area contributed by atoms with Crippen LogP contribution in [0, 0.1) is 5.92 Å². The van der Waals surface area contributed by atoms with Crippen molar-refractivity contribution in [3.8, 4) is 0 Å². The molecule has 1 fully saturated rings. The summed E-state index contributed by atoms with van der Waals surface area (Å²) in [5.74, 6) is -1.02. The van der Waals surface area contributed by atoms with Gasteiger partial charge in [-0.25, -0.2) is 4.79 Å². The Morgan fingerprint density at radius 2 is 1.90 bits per heavy atom. The second kappa shape index (κ2) is 6.61. The van der Waals surface area contributed by atoms with Gasteiger partial charge in [-0.3, -0.25) is 4.79 Å². The number of hydrogen-bond donors (Lipinski definition) is 3. The Kier molecular flexibility index (Phi) is 4.84. The van der Waals surface area contributed by atoms with Crippen LogP contribution in [0.15, 0.2) is 24.3 Å². The van der Waals surface area contributed by atoms with Gasteiger partial charge in [-0.15, -0.1) is 0 Å². The molecule has 2 amide bonds. The highest BCUT2D eigenvalue weighted by atomic mass is 35.5. The van der Waals surface area contributed by atoms with E-state index in [1.165, 1.54) is 0 Å². The molecule has 1 aromatic rings. The van der Waals surface area contributed by atoms with E-state index in [2.05, 4.69) is 10.6 Å². The molecule has 0 radical (unpaired) electrons. The SMILES string of the molecule is O=C(Nc1cccc(Cl)c1)NC1CCC(C(=O)O)CC1. The number of carbonyl (C=O) groups is 2. The van der Waals surface area contributed by atoms with Gasteiger partial charge in [-0.05, 0) is 43.9 Å². The Morgan fingerprint density at radius 3 is 2.50 bits per heavy atom. The highest BCUT2D eigenvalue weighted by molar-refractivity contribution is 6.30. The van der Waals surface area contributed by atoms with E-state index in [0.29, 0.717) is 36.4 Å². The lowest BCUT2D eigenvalue weighted by Crippen LogP contribution is -2.40. The Hall–Kier alpha value is -1.75. The van der Waals surface area contributed by atoms with Crippen LogP contribution in [-0.4, -0.2) is 23.1 Å². The summed E-state index contributed by atoms with van der Waals surface area (Å²) in [6.07, 6.45) is 2.61. The average molecular weight is 297 g/mol. The van der Waals surface area contributed by atoms with Gasteiger partial charge in [0.25, 0.3) is 0 Å². The van der Waals surface area contributed by atoms with E-state index in [1.807, 2.05) is 0 Å². The molecule has 0 spiro atoms. The van der Waals surface area contributed by atoms with Gasteiger partial charge in [0.1, 0.15) is 0 Å². The van der Waals surface area contributed by atoms with E-state index < -0.39 is 5.97 Å². The largest absolute Gasteiger partial charge is 0.481 e. The lowest BCUT2D eigenvalue weighted by Gasteiger charge is -2.26. The number of halogens is 1. The van der Waals surface area contributed by atoms with Crippen LogP contribution in [0.1, 0.15) is 25.7 Å². The van der Waals surface area contributed by atoms with Gasteiger partial charge >= 0.3 is 12.0 Å². The smallest absolute Gasteiger partial charge is 0.319 e. The topological polar surface area (TPSA) is 78.4 Å². The summed E-state index contributed by atoms with van der Waals surface area (Å²) in [5.41, 5.74) is 0.634. The number of urea groups is 1. The summed E-state index contributed by atoms with van der Waals surface area (Å²) in [7, 11) is 0. The average Bonchev–Trinajstić information content (AvgIpc) is 2.39. The molecule has 3 N–H and O–H groups in total. The fourth-order valence-corrected chi connectivity index (χ4v) is 2.59. The minimum absolute atomic E-state index is 0.0322. The van der Waals surface area contributed by atoms with Crippen LogP contribution in [0.5, 0.6) is 0 Å². The first kappa shape index (κ1) is 14.7. The highest BCUT2D eigenvalue weighted by Crippen LogP contribution is 2.24. The second-order valence-corrected chi connectivity index (χ2v) is 5.43. The number of carboxylic acids is 1. The van der Waals surface area contributed by atoms with Gasteiger partial charge in [-0.1, -0.05) is 17.7 Å². The van der Waals surface area contributed by atoms with Gasteiger partial charge in [-0.2, -0.15) is 0 Å². The van der Waals surface area contributed by atoms with Crippen molar-refractivity contribution in [2.75, 3.05) is 5.32 Å². The van der Waals surface area contributed by atoms with E-state index in [-0.39, 0.29) is 18.0 Å². The van der Waals surface area contributed by atoms with Crippen molar-refractivity contribution in [3.05, 3.63) is 29.3 Å². The molecule has 6 heteroatoms. The first-order valence-electron chi connectivity index (χ1n) is 6.60. The lowest BCUT2D eigenvalue weighted by molar-refractivity contribution is -0.142. The first-order valence-corrected chi connectivity index (χ1v) is 6.98. The summed E-state index contributed by atoms with van der Waals surface area (Å²) in [4.78, 5) is 22.7. The van der Waals surface area contributed by atoms with Crippen molar-refractivity contribution in [2.45, 2.75) is 31.7 Å². The van der Waals surface area contributed by atoms with Crippen LogP contribution in [0.4, 0.5) is 10.5 Å². The maximum Gasteiger partial charge on any atom is 0.319 e. The van der Waals surface area contributed by atoms with E-state index in [9.17, 15) is 9.59 Å². The number of rotatable bonds is 3. The number of aliphatic carboxylic acids is 1. The van der Waals surface area contributed by atoms with Gasteiger partial charge in [0, 0.05) is 16.8 Å². The zero-order chi connectivity index (χ0) is 14.5. The summed E-state index contributed by atoms with van der Waals surface area (Å²) >= 11 is 5.84. The van der Waals surface area contributed by atoms with Crippen LogP contribution in [-0.2, 0) is 4.79 Å². The monoisotopic (exact) mass is 296 g/mol. The molecule has 0 bridgehead atoms. The van der Waals surface area contributed by atoms with E-state index in [0.717, 1.165) is 0 Å². The van der Waals surface area contributed by atoms with Gasteiger partial charge in [0.2, 0.25) is 0 Å². The molecule has 5 nitrogen and oxygen atoms in total. The number of benzene rings is 1. The Bertz CT molecular complexity index is 499. The first-order chi connectivity index (χ1) is 9.54. The summed E-state index contributed by atoms with van der Waals surface area (Å²) in [6.45, 7) is 0. The fourth-order valence-electron chi connectivity index (χ4n) is 2.40. The zero-order valence-electron chi connectivity index (χ0n) is 10.9. The number of carboxylic acid groups (broad SMARTS) is 1. The molecular weight excluding hydrogens is 280 g/mol. The Labute approximate surface area is 122 Å². The van der Waals surface area contributed by atoms with E-state index in [1.54, 1.807) is 24.3 Å². The number of amides is 2. The minimum Gasteiger partial charge on any atom is -0.481 e. The Balaban J connectivity index is 1.80. The lowest BCUT2D eigenvalue weighted by atomic mass is 9.86. The van der Waals surface area contributed by atoms with Crippen LogP contribution in [0.25, 0.3) is 0 Å². The summed E-state index contributed by atoms with van der Waals surface area (Å²) in [5, 5.41) is 15.0. The van der Waals surface area contributed by atoms with Crippen molar-refractivity contribution >= 4 is 29.3 Å². The van der Waals surface area contributed by atoms with Crippen molar-refractivity contribution in [2.24, 2.45) is 5.92 Å². The standard InChI is InChI=1S/C14H17ClN2O3/c15-10-2-1-3-12(8-10)17-14(20)16-11-6-4-9(5-7-11)13(18)19/h1-3,8-9,11H,4-7H2,(H,18,19)(H2,16,17,20). The van der Waals surface area contributed by atoms with Gasteiger partial charge in [0.05, 0.1) is 5.92 Å². The van der Waals surface area contributed by atoms with Crippen molar-refractivity contribution < 1.29 is 14.7 Å². The normalized spacial score (nSPS) is 22.1. The van der Waals surface area contributed by atoms with Gasteiger partial charge in [0.15, 0.2) is 0 Å². The van der Waals surface area contributed by atoms with Crippen molar-refractivity contribution in [1.29, 1.82) is 0 Å². The Morgan fingerprint density at radius 1 is 1.20 bits per heavy atom. The predicted molar refractivity (Wildman–Crippen MR) is 77.0 cm³/mol. The fraction of sp³-hybridized carbons (Fsp3) is 0.429. The molecule has 0 unspecified atom stereocenters. The van der Waals surface area contributed by atoms with E-state index >= 15 is 0 Å². The molecule has 20 heavy (non-hydrogen) atoms. The van der Waals surface area contributed by atoms with Crippen LogP contribution in [0.3, 0.4) is 0 Å². The molecule has 1 aliphatic carbocycles. The molecule has 2 rings (SSSR count). The molecular formula is C14H17ClN2O3. The second-order valence-electron chi connectivity index (χ2n) is 5.00. The number of carbonyl (C=O) groups excluding carboxylic acids is 1. The molecule has 0 aliphatic heterocycles. The molecule has 108 valence electrons. The maximum absolute atomic E-state index is 11.8. The van der Waals surface area contributed by atoms with Crippen LogP contribution < -0.4 is 10.6 Å². The number of anilines is 1. The zero-order valence-corrected chi connectivity index (χ0v) is 11.7. The van der Waals surface area contributed by atoms with Crippen molar-refractivity contribution in [3.63, 3.8) is 0 Å². The number of hydrogen-bond acceptors (Lipinski definition) is 2. The molecule has 0 aromatic heterocycles. The van der Waals surface area contributed by atoms with Crippen LogP contribution in [0.2, 0.25) is 5.02 Å². The molecule has 1 aromatic carbocycles. The molecule has 1 saturated carbocycles. The molecule has 1 aliphatic rings. The third kappa shape index (κ3) is 4.13. The summed E-state index contributed by atoms with van der Waals surface area (Å²) < 4.78 is 0. The third-order valence-electron chi connectivity index (χ3n) is 3.49. The minimum atomic E-state index is -0.744. The van der Waals surface area contributed by atoms with Gasteiger partial charge < -0.3 is 15.7 Å². The number of nitrogens with one attached hydrogen (secondary N) is 2. The summed E-state index contributed by atoms with van der Waals surface area (Å²) in [6, 6.07) is 6.67. The third-order valence-corrected chi connectivity index (χ3v) is 3.73. The maximum atomic E-state index is 11.8. The molecule has 0 atom stereocenters. The predicted octanol–water partition coefficient (Wildman–Crippen LogP) is 3.10. The molecule has 0 heterocycles. The van der Waals surface area contributed by atoms with E-state index in [4.69, 9.17) is 16.7 Å². The quantitative estimate of drug-likeness (QED) is 0.802. The van der Waals surface area contributed by atoms with Crippen molar-refractivity contribution in [1.82, 2.24) is 5.32 Å². The molecule has 0 saturated heterocycles. The van der Waals surface area contributed by atoms with Crippen LogP contribution >= 0.6 is 11.6 Å². The highest BCUT2D eigenvalue weighted by Gasteiger charge is 2.26.